The molecule has 0 aliphatic rings. The monoisotopic (exact) mass is 215 g/mol. The van der Waals surface area contributed by atoms with Crippen molar-refractivity contribution in [2.75, 3.05) is 7.11 Å². The maximum atomic E-state index is 5.33. The topological polar surface area (TPSA) is 22.1 Å². The molecule has 84 valence electrons. The summed E-state index contributed by atoms with van der Waals surface area (Å²) in [6, 6.07) is 8.13. The number of hydrogen-bond acceptors (Lipinski definition) is 2. The fourth-order valence-corrected chi connectivity index (χ4v) is 1.85. The van der Waals surface area contributed by atoms with Crippen molar-refractivity contribution < 1.29 is 4.74 Å². The van der Waals surface area contributed by atoms with Crippen molar-refractivity contribution in [3.05, 3.63) is 36.0 Å². The summed E-state index contributed by atoms with van der Waals surface area (Å²) in [6.07, 6.45) is 1.84. The van der Waals surface area contributed by atoms with Crippen LogP contribution in [0.3, 0.4) is 0 Å². The molecule has 16 heavy (non-hydrogen) atoms. The van der Waals surface area contributed by atoms with Crippen molar-refractivity contribution in [3.8, 4) is 5.75 Å². The van der Waals surface area contributed by atoms with Crippen LogP contribution in [0.2, 0.25) is 0 Å². The van der Waals surface area contributed by atoms with Gasteiger partial charge in [-0.3, -0.25) is 4.98 Å². The summed E-state index contributed by atoms with van der Waals surface area (Å²) in [6.45, 7) is 6.57. The Hall–Kier alpha value is -1.57. The number of aromatic nitrogens is 1. The quantitative estimate of drug-likeness (QED) is 0.726. The number of benzene rings is 1. The van der Waals surface area contributed by atoms with Crippen LogP contribution in [0.5, 0.6) is 5.75 Å². The van der Waals surface area contributed by atoms with Gasteiger partial charge >= 0.3 is 0 Å². The van der Waals surface area contributed by atoms with E-state index in [0.717, 1.165) is 16.7 Å². The van der Waals surface area contributed by atoms with Gasteiger partial charge in [-0.1, -0.05) is 26.8 Å². The third-order valence-corrected chi connectivity index (χ3v) is 2.72. The zero-order valence-electron chi connectivity index (χ0n) is 10.2. The zero-order valence-corrected chi connectivity index (χ0v) is 10.2. The average molecular weight is 215 g/mol. The highest BCUT2D eigenvalue weighted by molar-refractivity contribution is 5.84. The molecule has 0 fully saturated rings. The Labute approximate surface area is 96.3 Å². The third-order valence-electron chi connectivity index (χ3n) is 2.72. The molecule has 0 saturated carbocycles. The van der Waals surface area contributed by atoms with Gasteiger partial charge in [-0.25, -0.2) is 0 Å². The first-order valence-electron chi connectivity index (χ1n) is 5.45. The van der Waals surface area contributed by atoms with E-state index in [9.17, 15) is 0 Å². The van der Waals surface area contributed by atoms with Crippen LogP contribution in [-0.2, 0) is 5.41 Å². The van der Waals surface area contributed by atoms with Crippen molar-refractivity contribution in [1.82, 2.24) is 4.98 Å². The largest absolute Gasteiger partial charge is 0.497 e. The molecule has 2 rings (SSSR count). The van der Waals surface area contributed by atoms with Gasteiger partial charge in [0.1, 0.15) is 5.75 Å². The van der Waals surface area contributed by atoms with Crippen molar-refractivity contribution in [2.45, 2.75) is 26.2 Å². The summed E-state index contributed by atoms with van der Waals surface area (Å²) in [5.41, 5.74) is 2.36. The first-order chi connectivity index (χ1) is 7.52. The molecule has 2 nitrogen and oxygen atoms in total. The second kappa shape index (κ2) is 3.78. The molecule has 0 bridgehead atoms. The summed E-state index contributed by atoms with van der Waals surface area (Å²) < 4.78 is 5.33. The predicted molar refractivity (Wildman–Crippen MR) is 67.0 cm³/mol. The lowest BCUT2D eigenvalue weighted by Crippen LogP contribution is -2.12. The van der Waals surface area contributed by atoms with Crippen molar-refractivity contribution >= 4 is 10.9 Å². The molecule has 0 aliphatic carbocycles. The van der Waals surface area contributed by atoms with Crippen LogP contribution in [0, 0.1) is 0 Å². The SMILES string of the molecule is COc1cc(C(C)(C)C)c2ncccc2c1. The number of fused-ring (bicyclic) bond motifs is 1. The van der Waals surface area contributed by atoms with Crippen molar-refractivity contribution in [2.24, 2.45) is 0 Å². The molecular formula is C14H17NO. The molecular weight excluding hydrogens is 198 g/mol. The highest BCUT2D eigenvalue weighted by Gasteiger charge is 2.18. The lowest BCUT2D eigenvalue weighted by molar-refractivity contribution is 0.413. The molecule has 1 aromatic carbocycles. The van der Waals surface area contributed by atoms with Gasteiger partial charge in [0.05, 0.1) is 12.6 Å². The lowest BCUT2D eigenvalue weighted by atomic mass is 9.85. The van der Waals surface area contributed by atoms with Gasteiger partial charge in [-0.15, -0.1) is 0 Å². The van der Waals surface area contributed by atoms with Crippen LogP contribution in [0.25, 0.3) is 10.9 Å². The molecule has 2 heteroatoms. The fraction of sp³-hybridized carbons (Fsp3) is 0.357. The second-order valence-corrected chi connectivity index (χ2v) is 5.00. The Bertz CT molecular complexity index is 512. The minimum Gasteiger partial charge on any atom is -0.497 e. The van der Waals surface area contributed by atoms with E-state index in [1.54, 1.807) is 7.11 Å². The van der Waals surface area contributed by atoms with E-state index in [-0.39, 0.29) is 5.41 Å². The van der Waals surface area contributed by atoms with Gasteiger partial charge in [-0.05, 0) is 29.2 Å². The summed E-state index contributed by atoms with van der Waals surface area (Å²) in [4.78, 5) is 4.47. The maximum absolute atomic E-state index is 5.33. The maximum Gasteiger partial charge on any atom is 0.119 e. The van der Waals surface area contributed by atoms with E-state index in [2.05, 4.69) is 37.9 Å². The molecule has 0 spiro atoms. The number of ether oxygens (including phenoxy) is 1. The Morgan fingerprint density at radius 2 is 1.94 bits per heavy atom. The highest BCUT2D eigenvalue weighted by atomic mass is 16.5. The summed E-state index contributed by atoms with van der Waals surface area (Å²) in [5, 5.41) is 1.13. The first kappa shape index (κ1) is 10.9. The van der Waals surface area contributed by atoms with Crippen LogP contribution < -0.4 is 4.74 Å². The molecule has 0 unspecified atom stereocenters. The van der Waals surface area contributed by atoms with E-state index < -0.39 is 0 Å². The minimum atomic E-state index is 0.0706. The molecule has 0 amide bonds. The van der Waals surface area contributed by atoms with Crippen molar-refractivity contribution in [1.29, 1.82) is 0 Å². The van der Waals surface area contributed by atoms with Crippen molar-refractivity contribution in [3.63, 3.8) is 0 Å². The predicted octanol–water partition coefficient (Wildman–Crippen LogP) is 3.54. The number of rotatable bonds is 1. The average Bonchev–Trinajstić information content (AvgIpc) is 2.26. The molecule has 0 radical (unpaired) electrons. The molecule has 1 aromatic heterocycles. The molecule has 0 atom stereocenters. The van der Waals surface area contributed by atoms with E-state index in [1.165, 1.54) is 5.56 Å². The van der Waals surface area contributed by atoms with Gasteiger partial charge in [-0.2, -0.15) is 0 Å². The normalized spacial score (nSPS) is 11.8. The number of nitrogens with zero attached hydrogens (tertiary/aromatic N) is 1. The smallest absolute Gasteiger partial charge is 0.119 e. The Balaban J connectivity index is 2.79. The van der Waals surface area contributed by atoms with Gasteiger partial charge in [0.2, 0.25) is 0 Å². The third kappa shape index (κ3) is 1.87. The zero-order chi connectivity index (χ0) is 11.8. The number of hydrogen-bond donors (Lipinski definition) is 0. The molecule has 0 N–H and O–H groups in total. The molecule has 2 aromatic rings. The number of pyridine rings is 1. The van der Waals surface area contributed by atoms with Crippen LogP contribution in [0.1, 0.15) is 26.3 Å². The summed E-state index contributed by atoms with van der Waals surface area (Å²) >= 11 is 0. The van der Waals surface area contributed by atoms with Gasteiger partial charge < -0.3 is 4.74 Å². The standard InChI is InChI=1S/C14H17NO/c1-14(2,3)12-9-11(16-4)8-10-6-5-7-15-13(10)12/h5-9H,1-4H3. The molecule has 1 heterocycles. The van der Waals surface area contributed by atoms with Gasteiger partial charge in [0.15, 0.2) is 0 Å². The Morgan fingerprint density at radius 1 is 1.19 bits per heavy atom. The van der Waals surface area contributed by atoms with Crippen LogP contribution in [0.15, 0.2) is 30.5 Å². The van der Waals surface area contributed by atoms with Gasteiger partial charge in [0, 0.05) is 11.6 Å². The lowest BCUT2D eigenvalue weighted by Gasteiger charge is -2.21. The van der Waals surface area contributed by atoms with E-state index in [0.29, 0.717) is 0 Å². The minimum absolute atomic E-state index is 0.0706. The highest BCUT2D eigenvalue weighted by Crippen LogP contribution is 2.32. The second-order valence-electron chi connectivity index (χ2n) is 5.00. The van der Waals surface area contributed by atoms with E-state index in [4.69, 9.17) is 4.74 Å². The van der Waals surface area contributed by atoms with E-state index in [1.807, 2.05) is 18.3 Å². The Morgan fingerprint density at radius 3 is 2.56 bits per heavy atom. The fourth-order valence-electron chi connectivity index (χ4n) is 1.85. The van der Waals surface area contributed by atoms with Gasteiger partial charge in [0.25, 0.3) is 0 Å². The summed E-state index contributed by atoms with van der Waals surface area (Å²) in [7, 11) is 1.70. The number of methoxy groups -OCH3 is 1. The Kier molecular flexibility index (Phi) is 2.58. The van der Waals surface area contributed by atoms with Crippen LogP contribution >= 0.6 is 0 Å². The first-order valence-corrected chi connectivity index (χ1v) is 5.45. The van der Waals surface area contributed by atoms with E-state index >= 15 is 0 Å². The molecule has 0 aliphatic heterocycles. The summed E-state index contributed by atoms with van der Waals surface area (Å²) in [5.74, 6) is 0.894. The van der Waals surface area contributed by atoms with Crippen LogP contribution in [-0.4, -0.2) is 12.1 Å². The molecule has 0 saturated heterocycles. The van der Waals surface area contributed by atoms with Crippen LogP contribution in [0.4, 0.5) is 0 Å².